The van der Waals surface area contributed by atoms with Crippen LogP contribution >= 0.6 is 22.6 Å². The van der Waals surface area contributed by atoms with Gasteiger partial charge in [-0.25, -0.2) is 0 Å². The Bertz CT molecular complexity index is 103. The van der Waals surface area contributed by atoms with Crippen molar-refractivity contribution in [2.75, 3.05) is 0 Å². The molecule has 2 heteroatoms. The minimum atomic E-state index is 0.695. The Morgan fingerprint density at radius 3 is 2.67 bits per heavy atom. The van der Waals surface area contributed by atoms with Crippen LogP contribution in [0.5, 0.6) is 0 Å². The molecule has 0 aliphatic carbocycles. The van der Waals surface area contributed by atoms with Crippen molar-refractivity contribution in [2.24, 2.45) is 0 Å². The molecule has 9 heavy (non-hydrogen) atoms. The van der Waals surface area contributed by atoms with Crippen LogP contribution in [-0.2, 0) is 4.79 Å². The minimum Gasteiger partial charge on any atom is -0.303 e. The van der Waals surface area contributed by atoms with E-state index in [1.807, 2.05) is 0 Å². The summed E-state index contributed by atoms with van der Waals surface area (Å²) >= 11 is 2.27. The van der Waals surface area contributed by atoms with Crippen LogP contribution in [-0.4, -0.2) is 6.29 Å². The largest absolute Gasteiger partial charge is 0.303 e. The van der Waals surface area contributed by atoms with Gasteiger partial charge < -0.3 is 4.79 Å². The lowest BCUT2D eigenvalue weighted by Crippen LogP contribution is -1.73. The molecule has 0 fully saturated rings. The summed E-state index contributed by atoms with van der Waals surface area (Å²) < 4.78 is 1.30. The number of hydrogen-bond donors (Lipinski definition) is 0. The number of carbonyl (C=O) groups is 1. The molecule has 0 aromatic rings. The van der Waals surface area contributed by atoms with Gasteiger partial charge in [-0.05, 0) is 45.9 Å². The summed E-state index contributed by atoms with van der Waals surface area (Å²) in [7, 11) is 0. The van der Waals surface area contributed by atoms with E-state index in [2.05, 4.69) is 35.6 Å². The number of carbonyl (C=O) groups excluding carboxylic acids is 1. The quantitative estimate of drug-likeness (QED) is 0.418. The highest BCUT2D eigenvalue weighted by Crippen LogP contribution is 2.06. The van der Waals surface area contributed by atoms with Gasteiger partial charge in [0.15, 0.2) is 0 Å². The molecule has 0 aliphatic rings. The average Bonchev–Trinajstić information content (AvgIpc) is 1.80. The van der Waals surface area contributed by atoms with Crippen molar-refractivity contribution in [3.63, 3.8) is 0 Å². The maximum absolute atomic E-state index is 9.83. The second-order valence-corrected chi connectivity index (χ2v) is 3.59. The fourth-order valence-corrected chi connectivity index (χ4v) is 0.814. The molecule has 52 valence electrons. The Kier molecular flexibility index (Phi) is 6.36. The lowest BCUT2D eigenvalue weighted by molar-refractivity contribution is -0.107. The maximum atomic E-state index is 9.83. The molecular formula is C7H11IO. The third kappa shape index (κ3) is 8.14. The Morgan fingerprint density at radius 1 is 1.56 bits per heavy atom. The summed E-state index contributed by atoms with van der Waals surface area (Å²) in [6.45, 7) is 2.06. The van der Waals surface area contributed by atoms with E-state index >= 15 is 0 Å². The molecule has 0 N–H and O–H groups in total. The molecule has 0 heterocycles. The number of unbranched alkanes of at least 4 members (excludes halogenated alkanes) is 2. The zero-order valence-corrected chi connectivity index (χ0v) is 7.72. The minimum absolute atomic E-state index is 0.695. The second kappa shape index (κ2) is 6.26. The van der Waals surface area contributed by atoms with Gasteiger partial charge in [-0.2, -0.15) is 0 Å². The number of aldehydes is 1. The standard InChI is InChI=1S/C7H11IO/c1-7(8)5-3-2-4-6-9/h5-6H,2-4H2,1H3/b7-5-. The summed E-state index contributed by atoms with van der Waals surface area (Å²) in [5.41, 5.74) is 0. The van der Waals surface area contributed by atoms with Gasteiger partial charge in [0.25, 0.3) is 0 Å². The van der Waals surface area contributed by atoms with Crippen molar-refractivity contribution < 1.29 is 4.79 Å². The Morgan fingerprint density at radius 2 is 2.22 bits per heavy atom. The molecule has 1 nitrogen and oxygen atoms in total. The molecule has 0 spiro atoms. The van der Waals surface area contributed by atoms with Crippen LogP contribution in [0.4, 0.5) is 0 Å². The third-order valence-electron chi connectivity index (χ3n) is 0.952. The molecule has 0 atom stereocenters. The van der Waals surface area contributed by atoms with E-state index in [1.54, 1.807) is 0 Å². The molecular weight excluding hydrogens is 227 g/mol. The van der Waals surface area contributed by atoms with Crippen LogP contribution in [0.1, 0.15) is 26.2 Å². The summed E-state index contributed by atoms with van der Waals surface area (Å²) in [4.78, 5) is 9.83. The Hall–Kier alpha value is 0.140. The molecule has 0 radical (unpaired) electrons. The van der Waals surface area contributed by atoms with E-state index in [0.717, 1.165) is 19.1 Å². The van der Waals surface area contributed by atoms with Gasteiger partial charge in [0.1, 0.15) is 6.29 Å². The Balaban J connectivity index is 3.09. The van der Waals surface area contributed by atoms with E-state index in [0.29, 0.717) is 6.42 Å². The normalized spacial score (nSPS) is 11.6. The number of halogens is 1. The average molecular weight is 238 g/mol. The van der Waals surface area contributed by atoms with Gasteiger partial charge >= 0.3 is 0 Å². The van der Waals surface area contributed by atoms with Gasteiger partial charge in [-0.1, -0.05) is 6.08 Å². The van der Waals surface area contributed by atoms with E-state index in [1.165, 1.54) is 3.58 Å². The van der Waals surface area contributed by atoms with Crippen molar-refractivity contribution in [3.05, 3.63) is 9.66 Å². The lowest BCUT2D eigenvalue weighted by atomic mass is 10.2. The highest BCUT2D eigenvalue weighted by molar-refractivity contribution is 14.1. The molecule has 0 rings (SSSR count). The van der Waals surface area contributed by atoms with Gasteiger partial charge in [-0.15, -0.1) is 0 Å². The van der Waals surface area contributed by atoms with Crippen LogP contribution in [0.2, 0.25) is 0 Å². The molecule has 0 aromatic heterocycles. The fraction of sp³-hybridized carbons (Fsp3) is 0.571. The summed E-state index contributed by atoms with van der Waals surface area (Å²) in [6, 6.07) is 0. The number of allylic oxidation sites excluding steroid dienone is 2. The smallest absolute Gasteiger partial charge is 0.120 e. The van der Waals surface area contributed by atoms with Crippen LogP contribution in [0.15, 0.2) is 9.66 Å². The predicted octanol–water partition coefficient (Wildman–Crippen LogP) is 2.69. The first-order valence-corrected chi connectivity index (χ1v) is 4.11. The molecule has 0 saturated carbocycles. The monoisotopic (exact) mass is 238 g/mol. The zero-order valence-electron chi connectivity index (χ0n) is 5.56. The first-order chi connectivity index (χ1) is 4.27. The van der Waals surface area contributed by atoms with Crippen LogP contribution in [0.3, 0.4) is 0 Å². The SMILES string of the molecule is C/C(I)=C/CCCC=O. The summed E-state index contributed by atoms with van der Waals surface area (Å²) in [6.07, 6.45) is 5.83. The van der Waals surface area contributed by atoms with Gasteiger partial charge in [0.05, 0.1) is 0 Å². The van der Waals surface area contributed by atoms with Crippen LogP contribution in [0, 0.1) is 0 Å². The third-order valence-corrected chi connectivity index (χ3v) is 1.39. The highest BCUT2D eigenvalue weighted by Gasteiger charge is 1.82. The van der Waals surface area contributed by atoms with Crippen LogP contribution < -0.4 is 0 Å². The second-order valence-electron chi connectivity index (χ2n) is 1.89. The molecule has 0 aliphatic heterocycles. The van der Waals surface area contributed by atoms with E-state index in [4.69, 9.17) is 0 Å². The molecule has 0 saturated heterocycles. The topological polar surface area (TPSA) is 17.1 Å². The maximum Gasteiger partial charge on any atom is 0.120 e. The van der Waals surface area contributed by atoms with Crippen molar-refractivity contribution >= 4 is 28.9 Å². The highest BCUT2D eigenvalue weighted by atomic mass is 127. The van der Waals surface area contributed by atoms with Crippen molar-refractivity contribution in [1.82, 2.24) is 0 Å². The van der Waals surface area contributed by atoms with E-state index in [-0.39, 0.29) is 0 Å². The van der Waals surface area contributed by atoms with Gasteiger partial charge in [0, 0.05) is 6.42 Å². The molecule has 0 bridgehead atoms. The van der Waals surface area contributed by atoms with Crippen molar-refractivity contribution in [2.45, 2.75) is 26.2 Å². The molecule has 0 unspecified atom stereocenters. The Labute approximate surface area is 69.7 Å². The van der Waals surface area contributed by atoms with Gasteiger partial charge in [-0.3, -0.25) is 0 Å². The van der Waals surface area contributed by atoms with Crippen LogP contribution in [0.25, 0.3) is 0 Å². The zero-order chi connectivity index (χ0) is 7.11. The molecule has 0 amide bonds. The predicted molar refractivity (Wildman–Crippen MR) is 47.7 cm³/mol. The van der Waals surface area contributed by atoms with Crippen molar-refractivity contribution in [3.8, 4) is 0 Å². The summed E-state index contributed by atoms with van der Waals surface area (Å²) in [5, 5.41) is 0. The van der Waals surface area contributed by atoms with E-state index in [9.17, 15) is 4.79 Å². The first-order valence-electron chi connectivity index (χ1n) is 3.03. The fourth-order valence-electron chi connectivity index (χ4n) is 0.502. The number of hydrogen-bond acceptors (Lipinski definition) is 1. The summed E-state index contributed by atoms with van der Waals surface area (Å²) in [5.74, 6) is 0. The van der Waals surface area contributed by atoms with E-state index < -0.39 is 0 Å². The lowest BCUT2D eigenvalue weighted by Gasteiger charge is -1.87. The first kappa shape index (κ1) is 9.14. The molecule has 0 aromatic carbocycles. The van der Waals surface area contributed by atoms with Gasteiger partial charge in [0.2, 0.25) is 0 Å². The van der Waals surface area contributed by atoms with Crippen molar-refractivity contribution in [1.29, 1.82) is 0 Å². The number of rotatable bonds is 4.